The van der Waals surface area contributed by atoms with E-state index in [0.29, 0.717) is 5.56 Å². The zero-order valence-corrected chi connectivity index (χ0v) is 20.6. The van der Waals surface area contributed by atoms with E-state index in [1.807, 2.05) is 82.3 Å². The first-order valence-corrected chi connectivity index (χ1v) is 12.3. The van der Waals surface area contributed by atoms with E-state index >= 15 is 0 Å². The number of anilines is 1. The Morgan fingerprint density at radius 1 is 0.684 bits per heavy atom. The number of hydrogen-bond donors (Lipinski definition) is 1. The van der Waals surface area contributed by atoms with Gasteiger partial charge in [-0.2, -0.15) is 9.13 Å². The maximum Gasteiger partial charge on any atom is 0.255 e. The molecule has 3 heterocycles. The molecule has 3 aromatic heterocycles. The van der Waals surface area contributed by atoms with E-state index in [9.17, 15) is 4.79 Å². The molecule has 0 radical (unpaired) electrons. The van der Waals surface area contributed by atoms with Crippen molar-refractivity contribution in [2.75, 3.05) is 5.32 Å². The molecule has 182 valence electrons. The monoisotopic (exact) mass is 495 g/mol. The van der Waals surface area contributed by atoms with E-state index < -0.39 is 0 Å². The second-order valence-corrected chi connectivity index (χ2v) is 8.85. The molecule has 0 aliphatic carbocycles. The standard InChI is InChI=1S/C32H24N5O/c38-32(34-28-6-2-1-3-7-28)27-5-4-8-31(23-27)36-20-15-26(16-21-36)25-13-18-35(19-14-25)29-9-11-30(12-10-29)37-22-17-33-24-37/h1-24H/q+1/p+1. The van der Waals surface area contributed by atoms with Gasteiger partial charge in [-0.3, -0.25) is 4.79 Å². The maximum atomic E-state index is 12.7. The van der Waals surface area contributed by atoms with Crippen LogP contribution in [0.1, 0.15) is 10.4 Å². The smallest absolute Gasteiger partial charge is 0.255 e. The first-order chi connectivity index (χ1) is 18.7. The summed E-state index contributed by atoms with van der Waals surface area (Å²) in [7, 11) is 0. The molecule has 6 nitrogen and oxygen atoms in total. The van der Waals surface area contributed by atoms with E-state index in [1.54, 1.807) is 12.5 Å². The zero-order valence-electron chi connectivity index (χ0n) is 20.6. The lowest BCUT2D eigenvalue weighted by Gasteiger charge is -2.05. The van der Waals surface area contributed by atoms with Gasteiger partial charge < -0.3 is 9.88 Å². The van der Waals surface area contributed by atoms with Crippen molar-refractivity contribution < 1.29 is 13.9 Å². The van der Waals surface area contributed by atoms with Crippen molar-refractivity contribution in [3.8, 4) is 28.2 Å². The topological polar surface area (TPSA) is 54.7 Å². The van der Waals surface area contributed by atoms with Crippen LogP contribution in [0, 0.1) is 0 Å². The lowest BCUT2D eigenvalue weighted by atomic mass is 10.1. The average Bonchev–Trinajstić information content (AvgIpc) is 3.53. The second kappa shape index (κ2) is 10.3. The molecular formula is C32H25N5O+2. The van der Waals surface area contributed by atoms with Crippen LogP contribution in [0.2, 0.25) is 0 Å². The highest BCUT2D eigenvalue weighted by atomic mass is 16.1. The molecule has 0 spiro atoms. The van der Waals surface area contributed by atoms with Crippen LogP contribution in [-0.4, -0.2) is 15.5 Å². The van der Waals surface area contributed by atoms with Gasteiger partial charge in [-0.25, -0.2) is 4.98 Å². The third-order valence-corrected chi connectivity index (χ3v) is 6.38. The number of nitrogens with one attached hydrogen (secondary N) is 1. The Labute approximate surface area is 220 Å². The van der Waals surface area contributed by atoms with Gasteiger partial charge in [0.1, 0.15) is 0 Å². The molecule has 0 aliphatic rings. The molecule has 3 aromatic carbocycles. The van der Waals surface area contributed by atoms with Gasteiger partial charge in [0.05, 0.1) is 6.33 Å². The largest absolute Gasteiger partial charge is 0.322 e. The number of pyridine rings is 2. The van der Waals surface area contributed by atoms with Gasteiger partial charge in [-0.1, -0.05) is 24.3 Å². The van der Waals surface area contributed by atoms with Crippen LogP contribution in [0.25, 0.3) is 28.2 Å². The molecule has 0 saturated heterocycles. The van der Waals surface area contributed by atoms with Crippen molar-refractivity contribution >= 4 is 11.6 Å². The molecule has 1 N–H and O–H groups in total. The first-order valence-electron chi connectivity index (χ1n) is 12.3. The van der Waals surface area contributed by atoms with E-state index in [4.69, 9.17) is 0 Å². The van der Waals surface area contributed by atoms with Crippen LogP contribution in [0.5, 0.6) is 0 Å². The number of para-hydroxylation sites is 1. The summed E-state index contributed by atoms with van der Waals surface area (Å²) in [5.74, 6) is -0.135. The van der Waals surface area contributed by atoms with Crippen molar-refractivity contribution in [1.82, 2.24) is 9.55 Å². The quantitative estimate of drug-likeness (QED) is 0.317. The Kier molecular flexibility index (Phi) is 6.27. The highest BCUT2D eigenvalue weighted by Gasteiger charge is 2.13. The van der Waals surface area contributed by atoms with Crippen LogP contribution >= 0.6 is 0 Å². The van der Waals surface area contributed by atoms with Gasteiger partial charge in [0.25, 0.3) is 5.91 Å². The van der Waals surface area contributed by atoms with Crippen molar-refractivity contribution in [2.45, 2.75) is 0 Å². The fourth-order valence-electron chi connectivity index (χ4n) is 4.32. The highest BCUT2D eigenvalue weighted by molar-refractivity contribution is 6.04. The number of carbonyl (C=O) groups excluding carboxylic acids is 1. The maximum absolute atomic E-state index is 12.7. The SMILES string of the molecule is O=C(Nc1ccccc1)c1cccc(-[n+]2ccc(-c3cc[n+](-c4ccc(-n5ccnc5)cc4)cc3)cc2)c1. The van der Waals surface area contributed by atoms with Gasteiger partial charge in [0.15, 0.2) is 24.8 Å². The van der Waals surface area contributed by atoms with Crippen molar-refractivity contribution in [3.63, 3.8) is 0 Å². The molecule has 6 heteroatoms. The molecule has 1 amide bonds. The summed E-state index contributed by atoms with van der Waals surface area (Å²) in [4.78, 5) is 16.8. The van der Waals surface area contributed by atoms with Crippen molar-refractivity contribution in [2.24, 2.45) is 0 Å². The van der Waals surface area contributed by atoms with Gasteiger partial charge in [0, 0.05) is 77.9 Å². The van der Waals surface area contributed by atoms with Crippen molar-refractivity contribution in [1.29, 1.82) is 0 Å². The van der Waals surface area contributed by atoms with Crippen molar-refractivity contribution in [3.05, 3.63) is 152 Å². The Hall–Kier alpha value is -5.36. The second-order valence-electron chi connectivity index (χ2n) is 8.85. The van der Waals surface area contributed by atoms with Gasteiger partial charge >= 0.3 is 0 Å². The van der Waals surface area contributed by atoms with Crippen LogP contribution in [0.15, 0.2) is 147 Å². The first kappa shape index (κ1) is 23.1. The predicted octanol–water partition coefficient (Wildman–Crippen LogP) is 5.35. The lowest BCUT2D eigenvalue weighted by Crippen LogP contribution is -2.30. The molecule has 6 rings (SSSR count). The summed E-state index contributed by atoms with van der Waals surface area (Å²) in [5, 5.41) is 2.94. The van der Waals surface area contributed by atoms with E-state index in [1.165, 1.54) is 0 Å². The number of nitrogens with zero attached hydrogens (tertiary/aromatic N) is 4. The average molecular weight is 496 g/mol. The van der Waals surface area contributed by atoms with Gasteiger partial charge in [0.2, 0.25) is 11.4 Å². The fraction of sp³-hybridized carbons (Fsp3) is 0. The number of rotatable bonds is 6. The molecule has 0 fully saturated rings. The molecular weight excluding hydrogens is 470 g/mol. The summed E-state index contributed by atoms with van der Waals surface area (Å²) in [6.45, 7) is 0. The van der Waals surface area contributed by atoms with Crippen LogP contribution < -0.4 is 14.5 Å². The Bertz CT molecular complexity index is 1660. The summed E-state index contributed by atoms with van der Waals surface area (Å²) in [6, 6.07) is 33.8. The van der Waals surface area contributed by atoms with Crippen LogP contribution in [-0.2, 0) is 0 Å². The number of aromatic nitrogens is 4. The third kappa shape index (κ3) is 4.96. The Balaban J connectivity index is 1.16. The number of amides is 1. The minimum Gasteiger partial charge on any atom is -0.322 e. The number of hydrogen-bond acceptors (Lipinski definition) is 2. The van der Waals surface area contributed by atoms with Gasteiger partial charge in [-0.05, 0) is 41.5 Å². The molecule has 0 unspecified atom stereocenters. The number of imidazole rings is 1. The summed E-state index contributed by atoms with van der Waals surface area (Å²) in [6.07, 6.45) is 13.7. The Morgan fingerprint density at radius 2 is 1.34 bits per heavy atom. The molecule has 6 aromatic rings. The number of benzene rings is 3. The summed E-state index contributed by atoms with van der Waals surface area (Å²) in [5.41, 5.74) is 6.69. The predicted molar refractivity (Wildman–Crippen MR) is 146 cm³/mol. The fourth-order valence-corrected chi connectivity index (χ4v) is 4.32. The van der Waals surface area contributed by atoms with E-state index in [0.717, 1.165) is 33.9 Å². The van der Waals surface area contributed by atoms with Crippen LogP contribution in [0.4, 0.5) is 5.69 Å². The molecule has 38 heavy (non-hydrogen) atoms. The lowest BCUT2D eigenvalue weighted by molar-refractivity contribution is -0.596. The summed E-state index contributed by atoms with van der Waals surface area (Å²) < 4.78 is 6.08. The van der Waals surface area contributed by atoms with E-state index in [2.05, 4.69) is 75.8 Å². The number of carbonyl (C=O) groups is 1. The molecule has 0 bridgehead atoms. The molecule has 0 saturated carbocycles. The normalized spacial score (nSPS) is 10.7. The molecule has 0 atom stereocenters. The van der Waals surface area contributed by atoms with E-state index in [-0.39, 0.29) is 5.91 Å². The van der Waals surface area contributed by atoms with Crippen LogP contribution in [0.3, 0.4) is 0 Å². The highest BCUT2D eigenvalue weighted by Crippen LogP contribution is 2.18. The minimum absolute atomic E-state index is 0.135. The summed E-state index contributed by atoms with van der Waals surface area (Å²) >= 11 is 0. The Morgan fingerprint density at radius 3 is 1.97 bits per heavy atom. The minimum atomic E-state index is -0.135. The van der Waals surface area contributed by atoms with Gasteiger partial charge in [-0.15, -0.1) is 0 Å². The molecule has 0 aliphatic heterocycles. The third-order valence-electron chi connectivity index (χ3n) is 6.38. The zero-order chi connectivity index (χ0) is 25.7.